The maximum atomic E-state index is 6.73. The molecule has 5 nitrogen and oxygen atoms in total. The van der Waals surface area contributed by atoms with E-state index in [1.807, 2.05) is 54.6 Å². The van der Waals surface area contributed by atoms with E-state index < -0.39 is 0 Å². The van der Waals surface area contributed by atoms with E-state index in [9.17, 15) is 0 Å². The predicted molar refractivity (Wildman–Crippen MR) is 215 cm³/mol. The number of hydrogen-bond donors (Lipinski definition) is 0. The summed E-state index contributed by atoms with van der Waals surface area (Å²) < 4.78 is 9.20. The standard InChI is InChI=1S/C46H26N4OS/c1-3-11-27(12-4-1)42-35-23-22-33-36-25-29(20-24-38(36)51-43(33)41(35)34-16-7-9-17-37(34)47-42)45-48-44(28-13-5-2-6-14-28)49-46(50-45)30-19-21-32-31-15-8-10-18-39(31)52-40(32)26-30/h1-26H. The van der Waals surface area contributed by atoms with Crippen LogP contribution in [-0.2, 0) is 0 Å². The maximum absolute atomic E-state index is 6.73. The van der Waals surface area contributed by atoms with E-state index in [0.717, 1.165) is 71.6 Å². The first-order valence-corrected chi connectivity index (χ1v) is 18.0. The van der Waals surface area contributed by atoms with E-state index in [0.29, 0.717) is 17.5 Å². The minimum absolute atomic E-state index is 0.610. The first kappa shape index (κ1) is 29.0. The van der Waals surface area contributed by atoms with Gasteiger partial charge < -0.3 is 4.42 Å². The normalized spacial score (nSPS) is 11.8. The predicted octanol–water partition coefficient (Wildman–Crippen LogP) is 12.5. The average molecular weight is 683 g/mol. The highest BCUT2D eigenvalue weighted by atomic mass is 32.1. The van der Waals surface area contributed by atoms with Crippen molar-refractivity contribution in [2.45, 2.75) is 0 Å². The number of thiophene rings is 1. The summed E-state index contributed by atoms with van der Waals surface area (Å²) in [4.78, 5) is 20.3. The summed E-state index contributed by atoms with van der Waals surface area (Å²) in [6.45, 7) is 0. The Kier molecular flexibility index (Phi) is 6.35. The first-order valence-electron chi connectivity index (χ1n) is 17.2. The van der Waals surface area contributed by atoms with E-state index in [2.05, 4.69) is 103 Å². The fourth-order valence-corrected chi connectivity index (χ4v) is 8.58. The summed E-state index contributed by atoms with van der Waals surface area (Å²) in [5.41, 5.74) is 7.38. The summed E-state index contributed by atoms with van der Waals surface area (Å²) in [6.07, 6.45) is 0. The van der Waals surface area contributed by atoms with E-state index in [1.54, 1.807) is 11.3 Å². The number of hydrogen-bond acceptors (Lipinski definition) is 6. The van der Waals surface area contributed by atoms with Gasteiger partial charge in [-0.1, -0.05) is 115 Å². The topological polar surface area (TPSA) is 64.7 Å². The molecule has 11 rings (SSSR count). The lowest BCUT2D eigenvalue weighted by molar-refractivity contribution is 0.673. The largest absolute Gasteiger partial charge is 0.455 e. The van der Waals surface area contributed by atoms with Crippen molar-refractivity contribution in [3.8, 4) is 45.4 Å². The van der Waals surface area contributed by atoms with Crippen LogP contribution in [0.25, 0.3) is 109 Å². The number of nitrogens with zero attached hydrogens (tertiary/aromatic N) is 4. The zero-order valence-electron chi connectivity index (χ0n) is 27.6. The van der Waals surface area contributed by atoms with E-state index in [4.69, 9.17) is 24.4 Å². The molecule has 0 unspecified atom stereocenters. The summed E-state index contributed by atoms with van der Waals surface area (Å²) in [7, 11) is 0. The highest BCUT2D eigenvalue weighted by molar-refractivity contribution is 7.25. The van der Waals surface area contributed by atoms with E-state index in [1.165, 1.54) is 20.2 Å². The molecule has 52 heavy (non-hydrogen) atoms. The van der Waals surface area contributed by atoms with Crippen molar-refractivity contribution < 1.29 is 4.42 Å². The first-order chi connectivity index (χ1) is 25.7. The molecule has 0 atom stereocenters. The second-order valence-electron chi connectivity index (χ2n) is 13.0. The third-order valence-corrected chi connectivity index (χ3v) is 11.0. The van der Waals surface area contributed by atoms with Crippen molar-refractivity contribution in [2.75, 3.05) is 0 Å². The van der Waals surface area contributed by atoms with Crippen LogP contribution in [0, 0.1) is 0 Å². The summed E-state index contributed by atoms with van der Waals surface area (Å²) in [6, 6.07) is 54.4. The second kappa shape index (κ2) is 11.4. The van der Waals surface area contributed by atoms with Gasteiger partial charge >= 0.3 is 0 Å². The smallest absolute Gasteiger partial charge is 0.164 e. The highest BCUT2D eigenvalue weighted by Gasteiger charge is 2.19. The van der Waals surface area contributed by atoms with Gasteiger partial charge in [0.15, 0.2) is 17.5 Å². The van der Waals surface area contributed by atoms with Crippen LogP contribution in [0.15, 0.2) is 162 Å². The van der Waals surface area contributed by atoms with Crippen molar-refractivity contribution in [3.63, 3.8) is 0 Å². The molecule has 0 saturated carbocycles. The van der Waals surface area contributed by atoms with Gasteiger partial charge in [-0.15, -0.1) is 11.3 Å². The van der Waals surface area contributed by atoms with Gasteiger partial charge in [-0.2, -0.15) is 0 Å². The fraction of sp³-hybridized carbons (Fsp3) is 0. The molecule has 0 saturated heterocycles. The number of aromatic nitrogens is 4. The number of rotatable bonds is 4. The van der Waals surface area contributed by atoms with Crippen molar-refractivity contribution in [3.05, 3.63) is 158 Å². The summed E-state index contributed by atoms with van der Waals surface area (Å²) in [5.74, 6) is 1.88. The highest BCUT2D eigenvalue weighted by Crippen LogP contribution is 2.42. The van der Waals surface area contributed by atoms with Gasteiger partial charge in [-0.05, 0) is 42.5 Å². The number of benzene rings is 7. The molecule has 0 spiro atoms. The Bertz CT molecular complexity index is 3190. The molecule has 4 aromatic heterocycles. The van der Waals surface area contributed by atoms with Crippen LogP contribution in [0.3, 0.4) is 0 Å². The number of furan rings is 1. The van der Waals surface area contributed by atoms with Crippen molar-refractivity contribution >= 4 is 75.1 Å². The number of pyridine rings is 1. The van der Waals surface area contributed by atoms with Crippen LogP contribution in [0.4, 0.5) is 0 Å². The lowest BCUT2D eigenvalue weighted by Crippen LogP contribution is -2.00. The maximum Gasteiger partial charge on any atom is 0.164 e. The Morgan fingerprint density at radius 1 is 0.385 bits per heavy atom. The van der Waals surface area contributed by atoms with Crippen molar-refractivity contribution in [1.82, 2.24) is 19.9 Å². The molecule has 0 amide bonds. The molecule has 11 aromatic rings. The minimum atomic E-state index is 0.610. The molecule has 0 aliphatic heterocycles. The SMILES string of the molecule is c1ccc(-c2nc(-c3ccc4c(c3)sc3ccccc34)nc(-c3ccc4oc5c(ccc6c(-c7ccccc7)nc7ccccc7c65)c4c3)n2)cc1. The van der Waals surface area contributed by atoms with Crippen LogP contribution in [0.5, 0.6) is 0 Å². The quantitative estimate of drug-likeness (QED) is 0.173. The zero-order chi connectivity index (χ0) is 34.2. The van der Waals surface area contributed by atoms with Gasteiger partial charge in [0, 0.05) is 69.4 Å². The molecule has 0 N–H and O–H groups in total. The zero-order valence-corrected chi connectivity index (χ0v) is 28.4. The Morgan fingerprint density at radius 3 is 1.79 bits per heavy atom. The Balaban J connectivity index is 1.12. The van der Waals surface area contributed by atoms with Gasteiger partial charge in [0.25, 0.3) is 0 Å². The molecular formula is C46H26N4OS. The lowest BCUT2D eigenvalue weighted by atomic mass is 9.97. The Morgan fingerprint density at radius 2 is 0.981 bits per heavy atom. The monoisotopic (exact) mass is 682 g/mol. The van der Waals surface area contributed by atoms with Crippen LogP contribution >= 0.6 is 11.3 Å². The second-order valence-corrected chi connectivity index (χ2v) is 14.1. The lowest BCUT2D eigenvalue weighted by Gasteiger charge is -2.10. The fourth-order valence-electron chi connectivity index (χ4n) is 7.44. The van der Waals surface area contributed by atoms with Crippen LogP contribution in [0.1, 0.15) is 0 Å². The van der Waals surface area contributed by atoms with Crippen LogP contribution < -0.4 is 0 Å². The molecular weight excluding hydrogens is 657 g/mol. The molecule has 7 aromatic carbocycles. The van der Waals surface area contributed by atoms with E-state index >= 15 is 0 Å². The molecule has 0 bridgehead atoms. The number of para-hydroxylation sites is 1. The number of fused-ring (bicyclic) bond motifs is 10. The van der Waals surface area contributed by atoms with Crippen LogP contribution in [-0.4, -0.2) is 19.9 Å². The third-order valence-electron chi connectivity index (χ3n) is 9.91. The van der Waals surface area contributed by atoms with Crippen molar-refractivity contribution in [2.24, 2.45) is 0 Å². The average Bonchev–Trinajstić information content (AvgIpc) is 3.78. The third kappa shape index (κ3) is 4.55. The molecule has 0 fully saturated rings. The Hall–Kier alpha value is -6.76. The molecule has 0 aliphatic rings. The molecule has 4 heterocycles. The van der Waals surface area contributed by atoms with Gasteiger partial charge in [0.1, 0.15) is 11.2 Å². The molecule has 242 valence electrons. The molecule has 0 aliphatic carbocycles. The van der Waals surface area contributed by atoms with Crippen molar-refractivity contribution in [1.29, 1.82) is 0 Å². The van der Waals surface area contributed by atoms with Gasteiger partial charge in [0.05, 0.1) is 11.2 Å². The Labute approximate surface area is 301 Å². The molecule has 0 radical (unpaired) electrons. The van der Waals surface area contributed by atoms with Gasteiger partial charge in [0.2, 0.25) is 0 Å². The van der Waals surface area contributed by atoms with Gasteiger partial charge in [-0.25, -0.2) is 19.9 Å². The van der Waals surface area contributed by atoms with Crippen LogP contribution in [0.2, 0.25) is 0 Å². The van der Waals surface area contributed by atoms with E-state index in [-0.39, 0.29) is 0 Å². The summed E-state index contributed by atoms with van der Waals surface area (Å²) in [5, 5.41) is 7.73. The molecule has 6 heteroatoms. The summed E-state index contributed by atoms with van der Waals surface area (Å²) >= 11 is 1.79. The minimum Gasteiger partial charge on any atom is -0.455 e. The van der Waals surface area contributed by atoms with Gasteiger partial charge in [-0.3, -0.25) is 0 Å².